The van der Waals surface area contributed by atoms with Gasteiger partial charge >= 0.3 is 0 Å². The Morgan fingerprint density at radius 2 is 1.81 bits per heavy atom. The van der Waals surface area contributed by atoms with Gasteiger partial charge in [-0.05, 0) is 55.5 Å². The van der Waals surface area contributed by atoms with Crippen molar-refractivity contribution in [1.29, 1.82) is 5.41 Å². The molecule has 0 aliphatic carbocycles. The molecule has 4 rings (SSSR count). The predicted molar refractivity (Wildman–Crippen MR) is 127 cm³/mol. The van der Waals surface area contributed by atoms with Gasteiger partial charge in [0.25, 0.3) is 0 Å². The van der Waals surface area contributed by atoms with Crippen molar-refractivity contribution in [2.24, 2.45) is 0 Å². The molecule has 32 heavy (non-hydrogen) atoms. The Morgan fingerprint density at radius 1 is 1.12 bits per heavy atom. The molecule has 1 aliphatic rings. The van der Waals surface area contributed by atoms with Crippen molar-refractivity contribution in [2.45, 2.75) is 37.5 Å². The lowest BCUT2D eigenvalue weighted by molar-refractivity contribution is -0.135. The lowest BCUT2D eigenvalue weighted by Crippen LogP contribution is -2.46. The molecule has 3 aromatic rings. The van der Waals surface area contributed by atoms with E-state index in [2.05, 4.69) is 4.98 Å². The molecule has 0 spiro atoms. The lowest BCUT2D eigenvalue weighted by atomic mass is 9.78. The fourth-order valence-corrected chi connectivity index (χ4v) is 4.50. The number of nitrogens with one attached hydrogen (secondary N) is 1. The maximum Gasteiger partial charge on any atom is 0.234 e. The summed E-state index contributed by atoms with van der Waals surface area (Å²) in [5, 5.41) is 8.64. The lowest BCUT2D eigenvalue weighted by Gasteiger charge is -2.32. The largest absolute Gasteiger partial charge is 0.342 e. The molecule has 2 heterocycles. The van der Waals surface area contributed by atoms with Crippen molar-refractivity contribution in [3.05, 3.63) is 94.5 Å². The first-order valence-electron chi connectivity index (χ1n) is 10.9. The fraction of sp³-hybridized carbons (Fsp3) is 0.308. The number of benzene rings is 2. The second-order valence-electron chi connectivity index (χ2n) is 8.49. The summed E-state index contributed by atoms with van der Waals surface area (Å²) in [6, 6.07) is 19.3. The molecule has 0 saturated carbocycles. The molecule has 164 valence electrons. The number of nitrogens with zero attached hydrogens (tertiary/aromatic N) is 3. The Balaban J connectivity index is 1.74. The van der Waals surface area contributed by atoms with Crippen LogP contribution in [0.5, 0.6) is 0 Å². The first kappa shape index (κ1) is 22.2. The van der Waals surface area contributed by atoms with Gasteiger partial charge in [0, 0.05) is 30.5 Å². The van der Waals surface area contributed by atoms with Gasteiger partial charge in [0.1, 0.15) is 5.82 Å². The average molecular weight is 447 g/mol. The Kier molecular flexibility index (Phi) is 6.66. The van der Waals surface area contributed by atoms with Crippen molar-refractivity contribution in [2.75, 3.05) is 13.1 Å². The number of carbonyl (C=O) groups excluding carboxylic acids is 1. The molecule has 0 radical (unpaired) electrons. The normalized spacial score (nSPS) is 16.4. The van der Waals surface area contributed by atoms with Crippen molar-refractivity contribution >= 4 is 23.7 Å². The zero-order valence-electron chi connectivity index (χ0n) is 18.2. The molecule has 1 aromatic heterocycles. The summed E-state index contributed by atoms with van der Waals surface area (Å²) in [7, 11) is 0. The topological polar surface area (TPSA) is 69.9 Å². The number of hydrogen-bond donors (Lipinski definition) is 1. The standard InChI is InChI=1S/C26H27ClN4O/c1-26(17-19-7-3-2-4-8-19,25(32)31-15-5-6-16-31)23-13-14-29-24(30-23)22(18-28)20-9-11-21(27)12-10-20/h2-4,7-14,18,22,28H,5-6,15-17H2,1H3. The van der Waals surface area contributed by atoms with Crippen LogP contribution < -0.4 is 0 Å². The second-order valence-corrected chi connectivity index (χ2v) is 8.93. The van der Waals surface area contributed by atoms with Gasteiger partial charge in [0.2, 0.25) is 5.91 Å². The highest BCUT2D eigenvalue weighted by molar-refractivity contribution is 6.30. The molecule has 0 bridgehead atoms. The van der Waals surface area contributed by atoms with Crippen LogP contribution in [0.1, 0.15) is 48.3 Å². The van der Waals surface area contributed by atoms with E-state index in [4.69, 9.17) is 22.0 Å². The third-order valence-corrected chi connectivity index (χ3v) is 6.43. The van der Waals surface area contributed by atoms with Crippen LogP contribution in [-0.2, 0) is 16.6 Å². The van der Waals surface area contributed by atoms with Gasteiger partial charge in [-0.15, -0.1) is 0 Å². The average Bonchev–Trinajstić information content (AvgIpc) is 3.36. The van der Waals surface area contributed by atoms with Crippen molar-refractivity contribution < 1.29 is 4.79 Å². The van der Waals surface area contributed by atoms with E-state index in [0.29, 0.717) is 23.0 Å². The van der Waals surface area contributed by atoms with Crippen LogP contribution in [0.15, 0.2) is 66.9 Å². The summed E-state index contributed by atoms with van der Waals surface area (Å²) in [4.78, 5) is 25.0. The van der Waals surface area contributed by atoms with Gasteiger partial charge in [-0.1, -0.05) is 54.1 Å². The number of likely N-dealkylation sites (tertiary alicyclic amines) is 1. The second kappa shape index (κ2) is 9.61. The SMILES string of the molecule is CC(Cc1ccccc1)(C(=O)N1CCCC1)c1ccnc(C(C=N)c2ccc(Cl)cc2)n1. The van der Waals surface area contributed by atoms with Crippen molar-refractivity contribution in [3.63, 3.8) is 0 Å². The van der Waals surface area contributed by atoms with Crippen LogP contribution in [-0.4, -0.2) is 40.1 Å². The van der Waals surface area contributed by atoms with Gasteiger partial charge in [0.05, 0.1) is 17.0 Å². The van der Waals surface area contributed by atoms with E-state index in [1.54, 1.807) is 18.3 Å². The minimum absolute atomic E-state index is 0.0985. The molecule has 1 N–H and O–H groups in total. The molecule has 6 heteroatoms. The molecule has 1 aliphatic heterocycles. The summed E-state index contributed by atoms with van der Waals surface area (Å²) >= 11 is 6.03. The minimum Gasteiger partial charge on any atom is -0.342 e. The Labute approximate surface area is 194 Å². The van der Waals surface area contributed by atoms with Crippen LogP contribution in [0.25, 0.3) is 0 Å². The van der Waals surface area contributed by atoms with E-state index in [9.17, 15) is 4.79 Å². The van der Waals surface area contributed by atoms with Gasteiger partial charge < -0.3 is 10.3 Å². The number of hydrogen-bond acceptors (Lipinski definition) is 4. The Morgan fingerprint density at radius 3 is 2.47 bits per heavy atom. The predicted octanol–water partition coefficient (Wildman–Crippen LogP) is 5.03. The summed E-state index contributed by atoms with van der Waals surface area (Å²) in [6.07, 6.45) is 5.66. The fourth-order valence-electron chi connectivity index (χ4n) is 4.37. The number of carbonyl (C=O) groups is 1. The molecule has 5 nitrogen and oxygen atoms in total. The summed E-state index contributed by atoms with van der Waals surface area (Å²) < 4.78 is 0. The van der Waals surface area contributed by atoms with E-state index in [0.717, 1.165) is 37.1 Å². The third kappa shape index (κ3) is 4.58. The highest BCUT2D eigenvalue weighted by atomic mass is 35.5. The van der Waals surface area contributed by atoms with Crippen LogP contribution in [0.4, 0.5) is 0 Å². The quantitative estimate of drug-likeness (QED) is 0.517. The molecule has 2 atom stereocenters. The molecule has 2 unspecified atom stereocenters. The minimum atomic E-state index is -0.823. The Bertz CT molecular complexity index is 1080. The zero-order valence-corrected chi connectivity index (χ0v) is 18.9. The van der Waals surface area contributed by atoms with Crippen LogP contribution >= 0.6 is 11.6 Å². The monoisotopic (exact) mass is 446 g/mol. The molecule has 2 aromatic carbocycles. The van der Waals surface area contributed by atoms with E-state index in [-0.39, 0.29) is 5.91 Å². The maximum absolute atomic E-state index is 13.7. The van der Waals surface area contributed by atoms with Gasteiger partial charge in [0.15, 0.2) is 0 Å². The van der Waals surface area contributed by atoms with Crippen LogP contribution in [0, 0.1) is 5.41 Å². The Hall–Kier alpha value is -3.05. The zero-order chi connectivity index (χ0) is 22.6. The van der Waals surface area contributed by atoms with Crippen molar-refractivity contribution in [3.8, 4) is 0 Å². The summed E-state index contributed by atoms with van der Waals surface area (Å²) in [5.41, 5.74) is 1.83. The van der Waals surface area contributed by atoms with E-state index >= 15 is 0 Å². The molecule has 1 fully saturated rings. The summed E-state index contributed by atoms with van der Waals surface area (Å²) in [6.45, 7) is 3.55. The highest BCUT2D eigenvalue weighted by Gasteiger charge is 2.41. The number of aromatic nitrogens is 2. The maximum atomic E-state index is 13.7. The van der Waals surface area contributed by atoms with Gasteiger partial charge in [-0.2, -0.15) is 0 Å². The molecular formula is C26H27ClN4O. The van der Waals surface area contributed by atoms with Crippen LogP contribution in [0.3, 0.4) is 0 Å². The first-order valence-corrected chi connectivity index (χ1v) is 11.3. The first-order chi connectivity index (χ1) is 15.5. The summed E-state index contributed by atoms with van der Waals surface area (Å²) in [5.74, 6) is 0.199. The van der Waals surface area contributed by atoms with Gasteiger partial charge in [-0.25, -0.2) is 9.97 Å². The van der Waals surface area contributed by atoms with E-state index in [1.807, 2.05) is 60.4 Å². The number of rotatable bonds is 7. The number of halogens is 1. The van der Waals surface area contributed by atoms with Crippen LogP contribution in [0.2, 0.25) is 5.02 Å². The van der Waals surface area contributed by atoms with E-state index in [1.165, 1.54) is 6.21 Å². The third-order valence-electron chi connectivity index (χ3n) is 6.18. The van der Waals surface area contributed by atoms with Gasteiger partial charge in [-0.3, -0.25) is 4.79 Å². The molecule has 1 amide bonds. The molecule has 1 saturated heterocycles. The molecular weight excluding hydrogens is 420 g/mol. The van der Waals surface area contributed by atoms with E-state index < -0.39 is 11.3 Å². The van der Waals surface area contributed by atoms with Crippen molar-refractivity contribution in [1.82, 2.24) is 14.9 Å². The number of amides is 1. The highest BCUT2D eigenvalue weighted by Crippen LogP contribution is 2.32. The smallest absolute Gasteiger partial charge is 0.234 e.